The summed E-state index contributed by atoms with van der Waals surface area (Å²) in [4.78, 5) is 14.3. The second kappa shape index (κ2) is 6.45. The van der Waals surface area contributed by atoms with E-state index in [1.54, 1.807) is 0 Å². The number of nitrogens with zero attached hydrogens (tertiary/aromatic N) is 2. The standard InChI is InChI=1S/C16H21ClN2O/c1-16(12-18,13-7-3-4-8-14(13)17)11-15(20)19-9-5-2-6-10-19/h3-4,8,13H,2,5-7,9-11H2,1H3. The van der Waals surface area contributed by atoms with Gasteiger partial charge in [-0.2, -0.15) is 5.26 Å². The number of carbonyl (C=O) groups excluding carboxylic acids is 1. The molecule has 2 unspecified atom stereocenters. The average Bonchev–Trinajstić information content (AvgIpc) is 2.48. The molecule has 0 aromatic carbocycles. The Bertz CT molecular complexity index is 471. The van der Waals surface area contributed by atoms with E-state index in [1.807, 2.05) is 30.1 Å². The van der Waals surface area contributed by atoms with Crippen molar-refractivity contribution in [2.45, 2.75) is 39.0 Å². The third-order valence-electron chi connectivity index (χ3n) is 4.35. The lowest BCUT2D eigenvalue weighted by Crippen LogP contribution is -2.40. The monoisotopic (exact) mass is 292 g/mol. The smallest absolute Gasteiger partial charge is 0.224 e. The van der Waals surface area contributed by atoms with Gasteiger partial charge in [0.15, 0.2) is 0 Å². The molecule has 4 heteroatoms. The summed E-state index contributed by atoms with van der Waals surface area (Å²) in [7, 11) is 0. The van der Waals surface area contributed by atoms with Gasteiger partial charge in [0.1, 0.15) is 0 Å². The molecule has 2 rings (SSSR count). The molecular weight excluding hydrogens is 272 g/mol. The van der Waals surface area contributed by atoms with E-state index in [2.05, 4.69) is 6.07 Å². The topological polar surface area (TPSA) is 44.1 Å². The zero-order valence-electron chi connectivity index (χ0n) is 11.9. The lowest BCUT2D eigenvalue weighted by molar-refractivity contribution is -0.134. The number of likely N-dealkylation sites (tertiary alicyclic amines) is 1. The molecular formula is C16H21ClN2O. The van der Waals surface area contributed by atoms with Crippen molar-refractivity contribution < 1.29 is 4.79 Å². The Labute approximate surface area is 125 Å². The van der Waals surface area contributed by atoms with Crippen molar-refractivity contribution in [2.24, 2.45) is 11.3 Å². The van der Waals surface area contributed by atoms with E-state index in [1.165, 1.54) is 6.42 Å². The summed E-state index contributed by atoms with van der Waals surface area (Å²) in [5.74, 6) is 0.0145. The molecule has 1 aliphatic carbocycles. The van der Waals surface area contributed by atoms with Crippen LogP contribution in [0.5, 0.6) is 0 Å². The van der Waals surface area contributed by atoms with Crippen LogP contribution in [0.4, 0.5) is 0 Å². The molecule has 0 saturated carbocycles. The van der Waals surface area contributed by atoms with Gasteiger partial charge in [-0.05, 0) is 38.7 Å². The number of hydrogen-bond donors (Lipinski definition) is 0. The van der Waals surface area contributed by atoms with Crippen LogP contribution in [-0.4, -0.2) is 23.9 Å². The minimum atomic E-state index is -0.729. The maximum absolute atomic E-state index is 12.4. The molecule has 2 atom stereocenters. The van der Waals surface area contributed by atoms with Gasteiger partial charge in [-0.3, -0.25) is 4.79 Å². The van der Waals surface area contributed by atoms with Gasteiger partial charge in [-0.15, -0.1) is 0 Å². The highest BCUT2D eigenvalue weighted by Crippen LogP contribution is 2.41. The number of rotatable bonds is 3. The Morgan fingerprint density at radius 2 is 2.20 bits per heavy atom. The Kier molecular flexibility index (Phi) is 4.88. The molecule has 1 aliphatic heterocycles. The van der Waals surface area contributed by atoms with Crippen LogP contribution in [0.15, 0.2) is 23.3 Å². The fraction of sp³-hybridized carbons (Fsp3) is 0.625. The fourth-order valence-electron chi connectivity index (χ4n) is 2.98. The number of piperidine rings is 1. The molecule has 0 aromatic heterocycles. The van der Waals surface area contributed by atoms with Gasteiger partial charge < -0.3 is 4.90 Å². The van der Waals surface area contributed by atoms with E-state index in [4.69, 9.17) is 11.6 Å². The molecule has 0 N–H and O–H groups in total. The third-order valence-corrected chi connectivity index (χ3v) is 4.74. The third kappa shape index (κ3) is 3.24. The number of carbonyl (C=O) groups is 1. The summed E-state index contributed by atoms with van der Waals surface area (Å²) in [6.45, 7) is 3.51. The van der Waals surface area contributed by atoms with Crippen molar-refractivity contribution in [3.8, 4) is 6.07 Å². The Balaban J connectivity index is 2.07. The Morgan fingerprint density at radius 3 is 2.80 bits per heavy atom. The van der Waals surface area contributed by atoms with Crippen molar-refractivity contribution in [3.63, 3.8) is 0 Å². The van der Waals surface area contributed by atoms with Gasteiger partial charge in [-0.25, -0.2) is 0 Å². The van der Waals surface area contributed by atoms with E-state index in [-0.39, 0.29) is 18.2 Å². The molecule has 20 heavy (non-hydrogen) atoms. The highest BCUT2D eigenvalue weighted by molar-refractivity contribution is 6.30. The molecule has 1 amide bonds. The first-order chi connectivity index (χ1) is 9.57. The first-order valence-electron chi connectivity index (χ1n) is 7.28. The number of hydrogen-bond acceptors (Lipinski definition) is 2. The lowest BCUT2D eigenvalue weighted by atomic mass is 9.72. The molecule has 2 aliphatic rings. The highest BCUT2D eigenvalue weighted by atomic mass is 35.5. The SMILES string of the molecule is CC(C#N)(CC(=O)N1CCCCC1)C1CC=CC=C1Cl. The molecule has 1 heterocycles. The largest absolute Gasteiger partial charge is 0.343 e. The summed E-state index contributed by atoms with van der Waals surface area (Å²) < 4.78 is 0. The normalized spacial score (nSPS) is 25.6. The second-order valence-corrected chi connectivity index (χ2v) is 6.35. The van der Waals surface area contributed by atoms with Gasteiger partial charge in [-0.1, -0.05) is 23.8 Å². The molecule has 1 saturated heterocycles. The van der Waals surface area contributed by atoms with Gasteiger partial charge in [0.05, 0.1) is 11.5 Å². The number of halogens is 1. The molecule has 108 valence electrons. The number of amides is 1. The summed E-state index contributed by atoms with van der Waals surface area (Å²) >= 11 is 6.25. The van der Waals surface area contributed by atoms with Crippen LogP contribution in [0.3, 0.4) is 0 Å². The van der Waals surface area contributed by atoms with Crippen LogP contribution in [0, 0.1) is 22.7 Å². The van der Waals surface area contributed by atoms with E-state index in [9.17, 15) is 10.1 Å². The van der Waals surface area contributed by atoms with E-state index < -0.39 is 5.41 Å². The Morgan fingerprint density at radius 1 is 1.50 bits per heavy atom. The summed E-state index contributed by atoms with van der Waals surface area (Å²) in [5.41, 5.74) is -0.729. The second-order valence-electron chi connectivity index (χ2n) is 5.92. The molecule has 0 spiro atoms. The van der Waals surface area contributed by atoms with Crippen molar-refractivity contribution in [3.05, 3.63) is 23.3 Å². The average molecular weight is 293 g/mol. The first-order valence-corrected chi connectivity index (χ1v) is 7.66. The Hall–Kier alpha value is -1.27. The molecule has 0 radical (unpaired) electrons. The van der Waals surface area contributed by atoms with E-state index in [0.717, 1.165) is 32.4 Å². The summed E-state index contributed by atoms with van der Waals surface area (Å²) in [6.07, 6.45) is 10.1. The van der Waals surface area contributed by atoms with Gasteiger partial charge >= 0.3 is 0 Å². The minimum absolute atomic E-state index is 0.0760. The maximum Gasteiger partial charge on any atom is 0.224 e. The molecule has 1 fully saturated rings. The van der Waals surface area contributed by atoms with Gasteiger partial charge in [0.2, 0.25) is 5.91 Å². The van der Waals surface area contributed by atoms with Crippen LogP contribution in [0.2, 0.25) is 0 Å². The zero-order valence-corrected chi connectivity index (χ0v) is 12.7. The molecule has 0 aromatic rings. The highest BCUT2D eigenvalue weighted by Gasteiger charge is 2.39. The van der Waals surface area contributed by atoms with Gasteiger partial charge in [0.25, 0.3) is 0 Å². The quantitative estimate of drug-likeness (QED) is 0.797. The molecule has 3 nitrogen and oxygen atoms in total. The molecule has 0 bridgehead atoms. The van der Waals surface area contributed by atoms with Crippen LogP contribution >= 0.6 is 11.6 Å². The summed E-state index contributed by atoms with van der Waals surface area (Å²) in [6, 6.07) is 2.34. The number of allylic oxidation sites excluding steroid dienone is 4. The van der Waals surface area contributed by atoms with Crippen LogP contribution in [0.25, 0.3) is 0 Å². The zero-order chi connectivity index (χ0) is 14.6. The van der Waals surface area contributed by atoms with Crippen molar-refractivity contribution in [2.75, 3.05) is 13.1 Å². The minimum Gasteiger partial charge on any atom is -0.343 e. The van der Waals surface area contributed by atoms with Crippen LogP contribution < -0.4 is 0 Å². The number of nitriles is 1. The van der Waals surface area contributed by atoms with Crippen molar-refractivity contribution in [1.29, 1.82) is 5.26 Å². The van der Waals surface area contributed by atoms with Crippen LogP contribution in [-0.2, 0) is 4.79 Å². The van der Waals surface area contributed by atoms with Gasteiger partial charge in [0, 0.05) is 30.5 Å². The predicted molar refractivity (Wildman–Crippen MR) is 80.0 cm³/mol. The first kappa shape index (κ1) is 15.1. The fourth-order valence-corrected chi connectivity index (χ4v) is 3.38. The lowest BCUT2D eigenvalue weighted by Gasteiger charge is -2.34. The van der Waals surface area contributed by atoms with Crippen molar-refractivity contribution >= 4 is 17.5 Å². The summed E-state index contributed by atoms with van der Waals surface area (Å²) in [5, 5.41) is 10.3. The maximum atomic E-state index is 12.4. The van der Waals surface area contributed by atoms with E-state index in [0.29, 0.717) is 5.03 Å². The van der Waals surface area contributed by atoms with Crippen LogP contribution in [0.1, 0.15) is 39.0 Å². The van der Waals surface area contributed by atoms with E-state index >= 15 is 0 Å². The predicted octanol–water partition coefficient (Wildman–Crippen LogP) is 3.62. The van der Waals surface area contributed by atoms with Crippen molar-refractivity contribution in [1.82, 2.24) is 4.90 Å².